The predicted molar refractivity (Wildman–Crippen MR) is 100 cm³/mol. The molecule has 1 saturated carbocycles. The van der Waals surface area contributed by atoms with Crippen LogP contribution in [0.1, 0.15) is 73.9 Å². The Labute approximate surface area is 159 Å². The van der Waals surface area contributed by atoms with Crippen LogP contribution in [0.5, 0.6) is 0 Å². The first-order valence-electron chi connectivity index (χ1n) is 9.70. The monoisotopic (exact) mass is 375 g/mol. The minimum Gasteiger partial charge on any atom is -0.351 e. The zero-order valence-corrected chi connectivity index (χ0v) is 16.5. The number of hydrogen-bond donors (Lipinski definition) is 2. The van der Waals surface area contributed by atoms with Gasteiger partial charge in [-0.3, -0.25) is 19.1 Å². The van der Waals surface area contributed by atoms with Crippen molar-refractivity contribution in [2.24, 2.45) is 0 Å². The van der Waals surface area contributed by atoms with Crippen LogP contribution in [-0.4, -0.2) is 57.1 Å². The lowest BCUT2D eigenvalue weighted by Crippen LogP contribution is -2.63. The molecule has 2 aliphatic rings. The fourth-order valence-corrected chi connectivity index (χ4v) is 3.76. The quantitative estimate of drug-likeness (QED) is 0.829. The maximum atomic E-state index is 13.0. The average molecular weight is 375 g/mol. The van der Waals surface area contributed by atoms with Gasteiger partial charge in [0.1, 0.15) is 11.2 Å². The van der Waals surface area contributed by atoms with Crippen molar-refractivity contribution >= 4 is 17.7 Å². The highest BCUT2D eigenvalue weighted by Crippen LogP contribution is 2.27. The molecular formula is C19H29N5O3. The average Bonchev–Trinajstić information content (AvgIpc) is 3.04. The van der Waals surface area contributed by atoms with Crippen LogP contribution in [0, 0.1) is 0 Å². The van der Waals surface area contributed by atoms with E-state index in [-0.39, 0.29) is 42.0 Å². The van der Waals surface area contributed by atoms with E-state index in [1.807, 2.05) is 13.8 Å². The zero-order valence-electron chi connectivity index (χ0n) is 16.5. The van der Waals surface area contributed by atoms with Gasteiger partial charge in [-0.25, -0.2) is 0 Å². The lowest BCUT2D eigenvalue weighted by Gasteiger charge is -2.41. The van der Waals surface area contributed by atoms with Crippen LogP contribution in [0.15, 0.2) is 6.07 Å². The van der Waals surface area contributed by atoms with E-state index in [9.17, 15) is 14.4 Å². The van der Waals surface area contributed by atoms with Crippen LogP contribution in [0.2, 0.25) is 0 Å². The van der Waals surface area contributed by atoms with E-state index >= 15 is 0 Å². The van der Waals surface area contributed by atoms with Gasteiger partial charge < -0.3 is 15.5 Å². The molecule has 27 heavy (non-hydrogen) atoms. The van der Waals surface area contributed by atoms with Gasteiger partial charge >= 0.3 is 0 Å². The van der Waals surface area contributed by atoms with Crippen LogP contribution in [0.3, 0.4) is 0 Å². The first-order valence-corrected chi connectivity index (χ1v) is 9.70. The highest BCUT2D eigenvalue weighted by molar-refractivity contribution is 6.01. The Morgan fingerprint density at radius 2 is 1.93 bits per heavy atom. The van der Waals surface area contributed by atoms with Gasteiger partial charge in [0.25, 0.3) is 11.8 Å². The molecule has 0 saturated heterocycles. The highest BCUT2D eigenvalue weighted by Gasteiger charge is 2.46. The van der Waals surface area contributed by atoms with E-state index in [0.717, 1.165) is 25.7 Å². The first kappa shape index (κ1) is 19.4. The normalized spacial score (nSPS) is 23.3. The largest absolute Gasteiger partial charge is 0.351 e. The van der Waals surface area contributed by atoms with Crippen molar-refractivity contribution in [3.05, 3.63) is 17.5 Å². The number of amides is 3. The number of nitrogens with zero attached hydrogens (tertiary/aromatic N) is 3. The third-order valence-corrected chi connectivity index (χ3v) is 5.58. The molecule has 1 fully saturated rings. The number of carbonyl (C=O) groups is 3. The summed E-state index contributed by atoms with van der Waals surface area (Å²) in [6, 6.07) is 1.63. The van der Waals surface area contributed by atoms with Gasteiger partial charge in [0, 0.05) is 25.2 Å². The Hall–Kier alpha value is -2.38. The third kappa shape index (κ3) is 3.70. The zero-order chi connectivity index (χ0) is 19.8. The molecule has 148 valence electrons. The fourth-order valence-electron chi connectivity index (χ4n) is 3.76. The fraction of sp³-hybridized carbons (Fsp3) is 0.684. The Morgan fingerprint density at radius 1 is 1.26 bits per heavy atom. The second kappa shape index (κ2) is 7.32. The molecule has 1 aromatic heterocycles. The molecule has 2 heterocycles. The molecule has 1 aliphatic carbocycles. The summed E-state index contributed by atoms with van der Waals surface area (Å²) < 4.78 is 1.48. The van der Waals surface area contributed by atoms with Crippen LogP contribution in [0.4, 0.5) is 0 Å². The van der Waals surface area contributed by atoms with E-state index in [4.69, 9.17) is 0 Å². The lowest BCUT2D eigenvalue weighted by molar-refractivity contribution is -0.133. The van der Waals surface area contributed by atoms with E-state index in [0.29, 0.717) is 5.69 Å². The molecule has 1 unspecified atom stereocenters. The summed E-state index contributed by atoms with van der Waals surface area (Å²) in [4.78, 5) is 39.5. The number of nitrogens with one attached hydrogen (secondary N) is 2. The molecule has 3 rings (SSSR count). The van der Waals surface area contributed by atoms with Crippen molar-refractivity contribution in [3.63, 3.8) is 0 Å². The van der Waals surface area contributed by atoms with E-state index < -0.39 is 5.54 Å². The van der Waals surface area contributed by atoms with Gasteiger partial charge in [-0.1, -0.05) is 19.3 Å². The van der Waals surface area contributed by atoms with Crippen molar-refractivity contribution in [1.82, 2.24) is 25.3 Å². The number of aromatic nitrogens is 2. The molecule has 1 atom stereocenters. The second-order valence-electron chi connectivity index (χ2n) is 8.15. The van der Waals surface area contributed by atoms with Crippen LogP contribution < -0.4 is 10.6 Å². The Bertz CT molecular complexity index is 751. The number of fused-ring (bicyclic) bond motifs is 1. The smallest absolute Gasteiger partial charge is 0.272 e. The SMILES string of the molecule is CC(C)NC(=O)c1cc2n(n1)CC(C)(C(=O)NC1CCCCC1)N(C)C2=O. The third-order valence-electron chi connectivity index (χ3n) is 5.58. The minimum absolute atomic E-state index is 0.0267. The van der Waals surface area contributed by atoms with Gasteiger partial charge in [-0.2, -0.15) is 5.10 Å². The number of likely N-dealkylation sites (N-methyl/N-ethyl adjacent to an activating group) is 1. The van der Waals surface area contributed by atoms with Gasteiger partial charge in [-0.15, -0.1) is 0 Å². The summed E-state index contributed by atoms with van der Waals surface area (Å²) >= 11 is 0. The van der Waals surface area contributed by atoms with Gasteiger partial charge in [0.15, 0.2) is 5.69 Å². The van der Waals surface area contributed by atoms with Crippen molar-refractivity contribution in [2.45, 2.75) is 77.0 Å². The molecule has 0 bridgehead atoms. The first-order chi connectivity index (χ1) is 12.7. The predicted octanol–water partition coefficient (Wildman–Crippen LogP) is 1.31. The number of hydrogen-bond acceptors (Lipinski definition) is 4. The van der Waals surface area contributed by atoms with Crippen molar-refractivity contribution < 1.29 is 14.4 Å². The highest BCUT2D eigenvalue weighted by atomic mass is 16.2. The Balaban J connectivity index is 1.81. The molecule has 0 spiro atoms. The molecule has 1 aromatic rings. The molecular weight excluding hydrogens is 346 g/mol. The molecule has 8 heteroatoms. The topological polar surface area (TPSA) is 96.3 Å². The summed E-state index contributed by atoms with van der Waals surface area (Å²) in [5.74, 6) is -0.797. The maximum Gasteiger partial charge on any atom is 0.272 e. The van der Waals surface area contributed by atoms with Crippen LogP contribution in [-0.2, 0) is 11.3 Å². The van der Waals surface area contributed by atoms with Crippen LogP contribution in [0.25, 0.3) is 0 Å². The molecule has 0 aromatic carbocycles. The van der Waals surface area contributed by atoms with Gasteiger partial charge in [0.05, 0.1) is 6.54 Å². The number of rotatable bonds is 4. The summed E-state index contributed by atoms with van der Waals surface area (Å²) in [6.07, 6.45) is 5.40. The minimum atomic E-state index is -1.04. The standard InChI is InChI=1S/C19H29N5O3/c1-12(2)20-16(25)14-10-15-17(26)23(4)19(3,11-24(15)22-14)18(27)21-13-8-6-5-7-9-13/h10,12-13H,5-9,11H2,1-4H3,(H,20,25)(H,21,27). The Kier molecular flexibility index (Phi) is 5.26. The summed E-state index contributed by atoms with van der Waals surface area (Å²) in [5.41, 5.74) is -0.522. The van der Waals surface area contributed by atoms with Gasteiger partial charge in [0.2, 0.25) is 5.91 Å². The summed E-state index contributed by atoms with van der Waals surface area (Å²) in [5, 5.41) is 10.2. The summed E-state index contributed by atoms with van der Waals surface area (Å²) in [6.45, 7) is 5.69. The second-order valence-corrected chi connectivity index (χ2v) is 8.15. The number of carbonyl (C=O) groups excluding carboxylic acids is 3. The Morgan fingerprint density at radius 3 is 2.56 bits per heavy atom. The van der Waals surface area contributed by atoms with E-state index in [1.165, 1.54) is 22.1 Å². The van der Waals surface area contributed by atoms with Crippen molar-refractivity contribution in [2.75, 3.05) is 7.05 Å². The maximum absolute atomic E-state index is 13.0. The van der Waals surface area contributed by atoms with Crippen molar-refractivity contribution in [3.8, 4) is 0 Å². The molecule has 2 N–H and O–H groups in total. The molecule has 8 nitrogen and oxygen atoms in total. The van der Waals surface area contributed by atoms with E-state index in [2.05, 4.69) is 15.7 Å². The van der Waals surface area contributed by atoms with E-state index in [1.54, 1.807) is 14.0 Å². The molecule has 0 radical (unpaired) electrons. The lowest BCUT2D eigenvalue weighted by atomic mass is 9.92. The van der Waals surface area contributed by atoms with Crippen LogP contribution >= 0.6 is 0 Å². The molecule has 1 aliphatic heterocycles. The van der Waals surface area contributed by atoms with Gasteiger partial charge in [-0.05, 0) is 33.6 Å². The summed E-state index contributed by atoms with van der Waals surface area (Å²) in [7, 11) is 1.63. The van der Waals surface area contributed by atoms with Crippen molar-refractivity contribution in [1.29, 1.82) is 0 Å². The molecule has 3 amide bonds.